The minimum atomic E-state index is -0.111. The van der Waals surface area contributed by atoms with Crippen molar-refractivity contribution in [3.05, 3.63) is 59.8 Å². The maximum Gasteiger partial charge on any atom is 0.251 e. The van der Waals surface area contributed by atoms with Gasteiger partial charge in [0.25, 0.3) is 5.91 Å². The fourth-order valence-corrected chi connectivity index (χ4v) is 6.01. The Kier molecular flexibility index (Phi) is 5.63. The molecule has 1 aliphatic heterocycles. The molecule has 6 nitrogen and oxygen atoms in total. The zero-order valence-corrected chi connectivity index (χ0v) is 20.2. The molecular formula is C27H31N5OS. The topological polar surface area (TPSA) is 75.7 Å². The van der Waals surface area contributed by atoms with Gasteiger partial charge in [-0.25, -0.2) is 4.98 Å². The van der Waals surface area contributed by atoms with Crippen LogP contribution in [0.25, 0.3) is 26.4 Å². The van der Waals surface area contributed by atoms with Crippen molar-refractivity contribution in [1.82, 2.24) is 19.6 Å². The SMILES string of the molecule is NC1(c2ccc(-c3cn4c(n3)sc3cc(C(=O)NCCCN5CCCCC5)ccc34)cc2)CC1. The Bertz CT molecular complexity index is 1330. The molecule has 2 fully saturated rings. The highest BCUT2D eigenvalue weighted by Gasteiger charge is 2.39. The number of benzene rings is 2. The molecule has 3 heterocycles. The van der Waals surface area contributed by atoms with Crippen LogP contribution in [0.2, 0.25) is 0 Å². The van der Waals surface area contributed by atoms with Gasteiger partial charge in [0.1, 0.15) is 0 Å². The molecule has 0 atom stereocenters. The number of rotatable bonds is 7. The summed E-state index contributed by atoms with van der Waals surface area (Å²) in [5, 5.41) is 3.09. The van der Waals surface area contributed by atoms with Crippen LogP contribution >= 0.6 is 11.3 Å². The summed E-state index contributed by atoms with van der Waals surface area (Å²) in [7, 11) is 0. The third-order valence-corrected chi connectivity index (χ3v) is 8.30. The first-order chi connectivity index (χ1) is 16.6. The number of carbonyl (C=O) groups is 1. The number of likely N-dealkylation sites (tertiary alicyclic amines) is 1. The second kappa shape index (κ2) is 8.80. The number of imidazole rings is 1. The number of aromatic nitrogens is 2. The van der Waals surface area contributed by atoms with Crippen LogP contribution in [0.4, 0.5) is 0 Å². The average molecular weight is 474 g/mol. The molecule has 1 saturated heterocycles. The van der Waals surface area contributed by atoms with Crippen molar-refractivity contribution in [2.45, 2.75) is 44.1 Å². The number of fused-ring (bicyclic) bond motifs is 3. The van der Waals surface area contributed by atoms with Gasteiger partial charge < -0.3 is 16.0 Å². The number of nitrogens with zero attached hydrogens (tertiary/aromatic N) is 3. The van der Waals surface area contributed by atoms with Crippen LogP contribution < -0.4 is 11.1 Å². The van der Waals surface area contributed by atoms with Crippen LogP contribution in [0, 0.1) is 0 Å². The zero-order chi connectivity index (χ0) is 23.1. The van der Waals surface area contributed by atoms with E-state index in [1.165, 1.54) is 37.9 Å². The summed E-state index contributed by atoms with van der Waals surface area (Å²) in [5.41, 5.74) is 11.3. The second-order valence-corrected chi connectivity index (χ2v) is 10.8. The average Bonchev–Trinajstić information content (AvgIpc) is 3.34. The van der Waals surface area contributed by atoms with E-state index in [1.807, 2.05) is 18.2 Å². The smallest absolute Gasteiger partial charge is 0.251 e. The number of carbonyl (C=O) groups excluding carboxylic acids is 1. The molecule has 34 heavy (non-hydrogen) atoms. The first kappa shape index (κ1) is 21.8. The number of nitrogens with two attached hydrogens (primary N) is 1. The minimum Gasteiger partial charge on any atom is -0.352 e. The summed E-state index contributed by atoms with van der Waals surface area (Å²) in [5.74, 6) is 0.000649. The Labute approximate surface area is 203 Å². The van der Waals surface area contributed by atoms with Crippen molar-refractivity contribution in [1.29, 1.82) is 0 Å². The lowest BCUT2D eigenvalue weighted by Gasteiger charge is -2.26. The molecule has 4 aromatic rings. The van der Waals surface area contributed by atoms with E-state index in [4.69, 9.17) is 10.7 Å². The van der Waals surface area contributed by atoms with E-state index in [0.717, 1.165) is 52.2 Å². The first-order valence-corrected chi connectivity index (χ1v) is 13.2. The summed E-state index contributed by atoms with van der Waals surface area (Å²) in [6.45, 7) is 4.19. The molecule has 7 heteroatoms. The lowest BCUT2D eigenvalue weighted by molar-refractivity contribution is 0.0951. The number of piperidine rings is 1. The summed E-state index contributed by atoms with van der Waals surface area (Å²) in [6, 6.07) is 14.4. The Balaban J connectivity index is 1.13. The van der Waals surface area contributed by atoms with Crippen LogP contribution in [0.5, 0.6) is 0 Å². The molecule has 6 rings (SSSR count). The van der Waals surface area contributed by atoms with E-state index in [2.05, 4.69) is 45.1 Å². The third kappa shape index (κ3) is 4.24. The second-order valence-electron chi connectivity index (χ2n) is 9.81. The number of amides is 1. The summed E-state index contributed by atoms with van der Waals surface area (Å²) >= 11 is 1.62. The molecule has 0 spiro atoms. The van der Waals surface area contributed by atoms with E-state index < -0.39 is 0 Å². The highest BCUT2D eigenvalue weighted by atomic mass is 32.1. The van der Waals surface area contributed by atoms with E-state index in [-0.39, 0.29) is 11.4 Å². The highest BCUT2D eigenvalue weighted by molar-refractivity contribution is 7.23. The predicted octanol–water partition coefficient (Wildman–Crippen LogP) is 4.77. The molecule has 0 bridgehead atoms. The van der Waals surface area contributed by atoms with Gasteiger partial charge in [-0.3, -0.25) is 9.20 Å². The maximum absolute atomic E-state index is 12.7. The summed E-state index contributed by atoms with van der Waals surface area (Å²) < 4.78 is 3.19. The molecule has 1 amide bonds. The zero-order valence-electron chi connectivity index (χ0n) is 19.4. The highest BCUT2D eigenvalue weighted by Crippen LogP contribution is 2.43. The van der Waals surface area contributed by atoms with Gasteiger partial charge >= 0.3 is 0 Å². The fraction of sp³-hybridized carbons (Fsp3) is 0.407. The van der Waals surface area contributed by atoms with Gasteiger partial charge in [-0.05, 0) is 75.5 Å². The van der Waals surface area contributed by atoms with Crippen molar-refractivity contribution in [2.75, 3.05) is 26.2 Å². The number of nitrogens with one attached hydrogen (secondary N) is 1. The summed E-state index contributed by atoms with van der Waals surface area (Å²) in [6.07, 6.45) is 9.18. The van der Waals surface area contributed by atoms with Crippen LogP contribution in [-0.4, -0.2) is 46.4 Å². The van der Waals surface area contributed by atoms with Crippen molar-refractivity contribution in [2.24, 2.45) is 5.73 Å². The number of hydrogen-bond acceptors (Lipinski definition) is 5. The van der Waals surface area contributed by atoms with Crippen molar-refractivity contribution < 1.29 is 4.79 Å². The Hall–Kier alpha value is -2.74. The van der Waals surface area contributed by atoms with Gasteiger partial charge in [0.15, 0.2) is 4.96 Å². The maximum atomic E-state index is 12.7. The Morgan fingerprint density at radius 2 is 1.88 bits per heavy atom. The molecule has 2 aromatic heterocycles. The van der Waals surface area contributed by atoms with Gasteiger partial charge in [-0.15, -0.1) is 0 Å². The van der Waals surface area contributed by atoms with Gasteiger partial charge in [-0.1, -0.05) is 42.0 Å². The molecule has 1 aliphatic carbocycles. The molecule has 0 radical (unpaired) electrons. The molecule has 2 aliphatic rings. The molecule has 2 aromatic carbocycles. The van der Waals surface area contributed by atoms with Crippen LogP contribution in [0.1, 0.15) is 54.4 Å². The largest absolute Gasteiger partial charge is 0.352 e. The monoisotopic (exact) mass is 473 g/mol. The molecule has 3 N–H and O–H groups in total. The Morgan fingerprint density at radius 3 is 2.65 bits per heavy atom. The quantitative estimate of drug-likeness (QED) is 0.379. The van der Waals surface area contributed by atoms with Crippen LogP contribution in [0.15, 0.2) is 48.7 Å². The lowest BCUT2D eigenvalue weighted by atomic mass is 10.0. The van der Waals surface area contributed by atoms with E-state index in [0.29, 0.717) is 12.1 Å². The summed E-state index contributed by atoms with van der Waals surface area (Å²) in [4.78, 5) is 21.0. The molecular weight excluding hydrogens is 442 g/mol. The standard InChI is InChI=1S/C27H31N5OS/c28-27(11-12-27)21-8-5-19(6-9-21)22-18-32-23-10-7-20(17-24(23)34-26(32)30-22)25(33)29-13-4-16-31-14-2-1-3-15-31/h5-10,17-18H,1-4,11-16,28H2,(H,29,33). The van der Waals surface area contributed by atoms with Gasteiger partial charge in [0, 0.05) is 29.4 Å². The first-order valence-electron chi connectivity index (χ1n) is 12.4. The molecule has 0 unspecified atom stereocenters. The molecule has 176 valence electrons. The van der Waals surface area contributed by atoms with Crippen molar-refractivity contribution in [3.63, 3.8) is 0 Å². The van der Waals surface area contributed by atoms with Crippen LogP contribution in [0.3, 0.4) is 0 Å². The number of thiazole rings is 1. The van der Waals surface area contributed by atoms with E-state index in [9.17, 15) is 4.79 Å². The van der Waals surface area contributed by atoms with E-state index >= 15 is 0 Å². The fourth-order valence-electron chi connectivity index (χ4n) is 4.97. The predicted molar refractivity (Wildman–Crippen MR) is 138 cm³/mol. The van der Waals surface area contributed by atoms with E-state index in [1.54, 1.807) is 11.3 Å². The van der Waals surface area contributed by atoms with Gasteiger partial charge in [0.2, 0.25) is 0 Å². The molecule has 1 saturated carbocycles. The normalized spacial score (nSPS) is 17.9. The third-order valence-electron chi connectivity index (χ3n) is 7.29. The van der Waals surface area contributed by atoms with Gasteiger partial charge in [0.05, 0.1) is 15.9 Å². The lowest BCUT2D eigenvalue weighted by Crippen LogP contribution is -2.33. The van der Waals surface area contributed by atoms with Crippen LogP contribution in [-0.2, 0) is 5.54 Å². The number of hydrogen-bond donors (Lipinski definition) is 2. The Morgan fingerprint density at radius 1 is 1.09 bits per heavy atom. The van der Waals surface area contributed by atoms with Crippen molar-refractivity contribution >= 4 is 32.4 Å². The minimum absolute atomic E-state index is 0.000649. The van der Waals surface area contributed by atoms with Gasteiger partial charge in [-0.2, -0.15) is 0 Å². The van der Waals surface area contributed by atoms with Crippen molar-refractivity contribution in [3.8, 4) is 11.3 Å².